The van der Waals surface area contributed by atoms with Gasteiger partial charge < -0.3 is 21.1 Å². The number of aliphatic hydroxyl groups is 1. The first-order valence-electron chi connectivity index (χ1n) is 10.5. The van der Waals surface area contributed by atoms with Gasteiger partial charge in [0.25, 0.3) is 0 Å². The number of hydrogen-bond acceptors (Lipinski definition) is 5. The molecule has 0 aromatic heterocycles. The molecule has 2 unspecified atom stereocenters. The first kappa shape index (κ1) is 22.5. The Hall–Kier alpha value is -2.16. The molecule has 2 aromatic carbocycles. The molecule has 0 bridgehead atoms. The summed E-state index contributed by atoms with van der Waals surface area (Å²) in [6.45, 7) is 2.01. The molecule has 0 saturated carbocycles. The molecule has 1 aliphatic rings. The van der Waals surface area contributed by atoms with Crippen molar-refractivity contribution in [3.05, 3.63) is 41.7 Å². The molecule has 30 heavy (non-hydrogen) atoms. The van der Waals surface area contributed by atoms with Crippen LogP contribution in [0.3, 0.4) is 0 Å². The van der Waals surface area contributed by atoms with Gasteiger partial charge in [0.1, 0.15) is 25.0 Å². The van der Waals surface area contributed by atoms with E-state index in [0.717, 1.165) is 5.56 Å². The molecule has 1 heterocycles. The average Bonchev–Trinajstić information content (AvgIpc) is 2.73. The Balaban J connectivity index is 1.71. The van der Waals surface area contributed by atoms with E-state index >= 15 is 0 Å². The summed E-state index contributed by atoms with van der Waals surface area (Å²) in [5.74, 6) is -1.58. The maximum Gasteiger partial charge on any atom is 0.323 e. The molecule has 0 spiro atoms. The van der Waals surface area contributed by atoms with Crippen molar-refractivity contribution in [3.8, 4) is 5.75 Å². The molecule has 162 valence electrons. The number of hydrogen-bond donors (Lipinski definition) is 4. The van der Waals surface area contributed by atoms with Crippen LogP contribution in [0.15, 0.2) is 30.3 Å². The summed E-state index contributed by atoms with van der Waals surface area (Å²) < 4.78 is 14.1. The molecule has 3 rings (SSSR count). The number of carboxylic acid groups (broad SMARTS) is 1. The zero-order valence-electron chi connectivity index (χ0n) is 17.4. The van der Waals surface area contributed by atoms with Crippen LogP contribution in [-0.4, -0.2) is 59.3 Å². The Bertz CT molecular complexity index is 904. The molecule has 5 N–H and O–H groups in total. The lowest BCUT2D eigenvalue weighted by atomic mass is 9.61. The first-order chi connectivity index (χ1) is 14.3. The molecule has 8 heteroatoms. The van der Waals surface area contributed by atoms with Crippen LogP contribution in [0.1, 0.15) is 31.2 Å². The number of benzene rings is 2. The van der Waals surface area contributed by atoms with Crippen LogP contribution in [0.4, 0.5) is 4.39 Å². The smallest absolute Gasteiger partial charge is 0.323 e. The van der Waals surface area contributed by atoms with Crippen LogP contribution in [0.2, 0.25) is 5.82 Å². The third-order valence-corrected chi connectivity index (χ3v) is 6.68. The van der Waals surface area contributed by atoms with Crippen molar-refractivity contribution in [1.29, 1.82) is 0 Å². The molecule has 1 fully saturated rings. The van der Waals surface area contributed by atoms with Gasteiger partial charge in [-0.3, -0.25) is 9.69 Å². The van der Waals surface area contributed by atoms with E-state index in [1.54, 1.807) is 18.2 Å². The second kappa shape index (κ2) is 9.33. The molecule has 0 aliphatic carbocycles. The van der Waals surface area contributed by atoms with E-state index in [1.807, 2.05) is 7.85 Å². The van der Waals surface area contributed by atoms with Crippen molar-refractivity contribution in [1.82, 2.24) is 4.90 Å². The summed E-state index contributed by atoms with van der Waals surface area (Å²) in [7, 11) is 1.85. The predicted molar refractivity (Wildman–Crippen MR) is 117 cm³/mol. The second-order valence-corrected chi connectivity index (χ2v) is 8.49. The molecule has 2 aromatic rings. The number of fused-ring (bicyclic) bond motifs is 1. The zero-order chi connectivity index (χ0) is 21.9. The summed E-state index contributed by atoms with van der Waals surface area (Å²) in [6.07, 6.45) is 2.44. The number of phenolic OH excluding ortho intramolecular Hbond substituents is 1. The second-order valence-electron chi connectivity index (χ2n) is 8.49. The number of likely N-dealkylation sites (tertiary alicyclic amines) is 1. The minimum atomic E-state index is -1.31. The standard InChI is InChI=1S/C22H30BFN2O4/c23-20(2-1-11-27)22(25,21(29)30)15-7-9-26(10-8-15)13-14-3-6-19(24)17-5-4-16(28)12-18(14)17/h3-6,12,15,20,27-28H,1-2,7-11,13,23,25H2,(H,29,30). The summed E-state index contributed by atoms with van der Waals surface area (Å²) in [6, 6.07) is 7.83. The van der Waals surface area contributed by atoms with Crippen LogP contribution in [-0.2, 0) is 11.3 Å². The summed E-state index contributed by atoms with van der Waals surface area (Å²) >= 11 is 0. The number of carboxylic acids is 1. The number of phenols is 1. The van der Waals surface area contributed by atoms with E-state index < -0.39 is 11.5 Å². The van der Waals surface area contributed by atoms with Gasteiger partial charge in [0.05, 0.1) is 0 Å². The van der Waals surface area contributed by atoms with E-state index in [0.29, 0.717) is 56.1 Å². The number of carbonyl (C=O) groups is 1. The van der Waals surface area contributed by atoms with Gasteiger partial charge in [0.2, 0.25) is 0 Å². The Kier molecular flexibility index (Phi) is 7.00. The van der Waals surface area contributed by atoms with Crippen molar-refractivity contribution < 1.29 is 24.5 Å². The van der Waals surface area contributed by atoms with Gasteiger partial charge in [0, 0.05) is 18.5 Å². The quantitative estimate of drug-likeness (QED) is 0.490. The molecular weight excluding hydrogens is 386 g/mol. The molecule has 0 radical (unpaired) electrons. The topological polar surface area (TPSA) is 107 Å². The molecule has 1 saturated heterocycles. The number of aliphatic hydroxyl groups excluding tert-OH is 1. The lowest BCUT2D eigenvalue weighted by molar-refractivity contribution is -0.147. The maximum absolute atomic E-state index is 14.1. The van der Waals surface area contributed by atoms with Crippen molar-refractivity contribution in [2.24, 2.45) is 11.7 Å². The first-order valence-corrected chi connectivity index (χ1v) is 10.5. The Morgan fingerprint density at radius 2 is 1.97 bits per heavy atom. The molecular formula is C22H30BFN2O4. The Labute approximate surface area is 176 Å². The van der Waals surface area contributed by atoms with Gasteiger partial charge in [-0.25, -0.2) is 4.39 Å². The third kappa shape index (κ3) is 4.45. The fraction of sp³-hybridized carbons (Fsp3) is 0.500. The van der Waals surface area contributed by atoms with Crippen molar-refractivity contribution >= 4 is 24.6 Å². The highest BCUT2D eigenvalue weighted by Gasteiger charge is 2.46. The molecule has 0 amide bonds. The summed E-state index contributed by atoms with van der Waals surface area (Å²) in [5, 5.41) is 29.9. The van der Waals surface area contributed by atoms with Crippen LogP contribution < -0.4 is 5.73 Å². The number of aliphatic carboxylic acids is 1. The lowest BCUT2D eigenvalue weighted by Crippen LogP contribution is -2.59. The SMILES string of the molecule is BC(CCCO)C(N)(C(=O)O)C1CCN(Cc2ccc(F)c3ccc(O)cc23)CC1. The van der Waals surface area contributed by atoms with Gasteiger partial charge >= 0.3 is 5.97 Å². The van der Waals surface area contributed by atoms with Crippen molar-refractivity contribution in [2.75, 3.05) is 19.7 Å². The van der Waals surface area contributed by atoms with Crippen LogP contribution in [0, 0.1) is 11.7 Å². The number of piperidine rings is 1. The summed E-state index contributed by atoms with van der Waals surface area (Å²) in [5.41, 5.74) is 6.05. The minimum absolute atomic E-state index is 0.0274. The molecule has 2 atom stereocenters. The minimum Gasteiger partial charge on any atom is -0.508 e. The maximum atomic E-state index is 14.1. The number of halogens is 1. The predicted octanol–water partition coefficient (Wildman–Crippen LogP) is 1.87. The molecule has 6 nitrogen and oxygen atoms in total. The fourth-order valence-electron chi connectivity index (χ4n) is 4.73. The zero-order valence-corrected chi connectivity index (χ0v) is 17.4. The summed E-state index contributed by atoms with van der Waals surface area (Å²) in [4.78, 5) is 14.3. The van der Waals surface area contributed by atoms with Gasteiger partial charge in [-0.2, -0.15) is 0 Å². The molecule has 1 aliphatic heterocycles. The van der Waals surface area contributed by atoms with Crippen LogP contribution >= 0.6 is 0 Å². The van der Waals surface area contributed by atoms with Crippen molar-refractivity contribution in [3.63, 3.8) is 0 Å². The largest absolute Gasteiger partial charge is 0.508 e. The van der Waals surface area contributed by atoms with E-state index in [2.05, 4.69) is 4.90 Å². The van der Waals surface area contributed by atoms with Crippen LogP contribution in [0.25, 0.3) is 10.8 Å². The average molecular weight is 416 g/mol. The van der Waals surface area contributed by atoms with E-state index in [1.165, 1.54) is 12.1 Å². The van der Waals surface area contributed by atoms with E-state index in [4.69, 9.17) is 10.8 Å². The Morgan fingerprint density at radius 1 is 1.27 bits per heavy atom. The third-order valence-electron chi connectivity index (χ3n) is 6.68. The van der Waals surface area contributed by atoms with Crippen molar-refractivity contribution in [2.45, 2.75) is 43.6 Å². The monoisotopic (exact) mass is 416 g/mol. The highest BCUT2D eigenvalue weighted by Crippen LogP contribution is 2.37. The van der Waals surface area contributed by atoms with Gasteiger partial charge in [0.15, 0.2) is 0 Å². The van der Waals surface area contributed by atoms with E-state index in [-0.39, 0.29) is 29.9 Å². The number of rotatable bonds is 8. The lowest BCUT2D eigenvalue weighted by Gasteiger charge is -2.43. The normalized spacial score (nSPS) is 18.9. The van der Waals surface area contributed by atoms with Gasteiger partial charge in [-0.05, 0) is 79.3 Å². The highest BCUT2D eigenvalue weighted by molar-refractivity contribution is 6.15. The van der Waals surface area contributed by atoms with E-state index in [9.17, 15) is 19.4 Å². The van der Waals surface area contributed by atoms with Gasteiger partial charge in [-0.1, -0.05) is 12.5 Å². The highest BCUT2D eigenvalue weighted by atomic mass is 19.1. The number of nitrogens with zero attached hydrogens (tertiary/aromatic N) is 1. The van der Waals surface area contributed by atoms with Crippen LogP contribution in [0.5, 0.6) is 5.75 Å². The fourth-order valence-corrected chi connectivity index (χ4v) is 4.73. The Morgan fingerprint density at radius 3 is 2.60 bits per heavy atom. The number of aromatic hydroxyl groups is 1. The number of nitrogens with two attached hydrogens (primary N) is 1. The van der Waals surface area contributed by atoms with Gasteiger partial charge in [-0.15, -0.1) is 0 Å².